The second-order valence-corrected chi connectivity index (χ2v) is 7.11. The van der Waals surface area contributed by atoms with Gasteiger partial charge in [-0.1, -0.05) is 42.8 Å². The molecule has 0 aliphatic carbocycles. The van der Waals surface area contributed by atoms with Gasteiger partial charge in [-0.05, 0) is 29.7 Å². The SMILES string of the molecule is CCc1ccc(C(=O)CCC(=O)NCc2cc(Cl)c3c(c2)OCCCO3)cc1. The zero-order chi connectivity index (χ0) is 19.9. The average molecular weight is 402 g/mol. The number of aryl methyl sites for hydroxylation is 1. The summed E-state index contributed by atoms with van der Waals surface area (Å²) in [6, 6.07) is 11.1. The lowest BCUT2D eigenvalue weighted by Crippen LogP contribution is -2.23. The number of halogens is 1. The van der Waals surface area contributed by atoms with E-state index in [9.17, 15) is 9.59 Å². The number of nitrogens with one attached hydrogen (secondary N) is 1. The van der Waals surface area contributed by atoms with Crippen LogP contribution in [0, 0.1) is 0 Å². The van der Waals surface area contributed by atoms with E-state index in [1.807, 2.05) is 30.3 Å². The Morgan fingerprint density at radius 1 is 1.04 bits per heavy atom. The van der Waals surface area contributed by atoms with Crippen LogP contribution in [-0.4, -0.2) is 24.9 Å². The number of Topliss-reactive ketones (excluding diaryl/α,β-unsaturated/α-hetero) is 1. The highest BCUT2D eigenvalue weighted by molar-refractivity contribution is 6.32. The van der Waals surface area contributed by atoms with Gasteiger partial charge in [-0.3, -0.25) is 9.59 Å². The Kier molecular flexibility index (Phi) is 6.93. The number of hydrogen-bond acceptors (Lipinski definition) is 4. The number of carbonyl (C=O) groups excluding carboxylic acids is 2. The lowest BCUT2D eigenvalue weighted by Gasteiger charge is -2.12. The molecule has 1 aliphatic heterocycles. The van der Waals surface area contributed by atoms with E-state index in [1.54, 1.807) is 6.07 Å². The van der Waals surface area contributed by atoms with E-state index >= 15 is 0 Å². The van der Waals surface area contributed by atoms with Gasteiger partial charge in [0.1, 0.15) is 0 Å². The lowest BCUT2D eigenvalue weighted by molar-refractivity contribution is -0.121. The van der Waals surface area contributed by atoms with E-state index in [0.717, 1.165) is 18.4 Å². The number of ether oxygens (including phenoxy) is 2. The fourth-order valence-corrected chi connectivity index (χ4v) is 3.26. The van der Waals surface area contributed by atoms with Gasteiger partial charge in [-0.2, -0.15) is 0 Å². The fraction of sp³-hybridized carbons (Fsp3) is 0.364. The minimum Gasteiger partial charge on any atom is -0.489 e. The maximum Gasteiger partial charge on any atom is 0.220 e. The third-order valence-corrected chi connectivity index (χ3v) is 4.90. The van der Waals surface area contributed by atoms with Crippen molar-refractivity contribution < 1.29 is 19.1 Å². The number of benzene rings is 2. The first kappa shape index (κ1) is 20.2. The summed E-state index contributed by atoms with van der Waals surface area (Å²) in [5.41, 5.74) is 2.65. The van der Waals surface area contributed by atoms with Crippen LogP contribution in [0.2, 0.25) is 5.02 Å². The summed E-state index contributed by atoms with van der Waals surface area (Å²) in [5, 5.41) is 3.29. The summed E-state index contributed by atoms with van der Waals surface area (Å²) in [4.78, 5) is 24.4. The molecule has 0 aromatic heterocycles. The van der Waals surface area contributed by atoms with E-state index < -0.39 is 0 Å². The second-order valence-electron chi connectivity index (χ2n) is 6.71. The van der Waals surface area contributed by atoms with Crippen LogP contribution in [0.4, 0.5) is 0 Å². The average Bonchev–Trinajstić information content (AvgIpc) is 2.96. The molecule has 2 aromatic carbocycles. The van der Waals surface area contributed by atoms with E-state index in [-0.39, 0.29) is 24.5 Å². The van der Waals surface area contributed by atoms with Crippen LogP contribution in [0.25, 0.3) is 0 Å². The van der Waals surface area contributed by atoms with Gasteiger partial charge in [-0.25, -0.2) is 0 Å². The highest BCUT2D eigenvalue weighted by Crippen LogP contribution is 2.37. The van der Waals surface area contributed by atoms with Crippen LogP contribution >= 0.6 is 11.6 Å². The number of amides is 1. The summed E-state index contributed by atoms with van der Waals surface area (Å²) in [5.74, 6) is 0.937. The van der Waals surface area contributed by atoms with Crippen LogP contribution in [0.5, 0.6) is 11.5 Å². The molecule has 5 nitrogen and oxygen atoms in total. The van der Waals surface area contributed by atoms with Gasteiger partial charge in [-0.15, -0.1) is 0 Å². The summed E-state index contributed by atoms with van der Waals surface area (Å²) in [6.07, 6.45) is 2.05. The molecule has 3 rings (SSSR count). The van der Waals surface area contributed by atoms with Crippen molar-refractivity contribution in [1.82, 2.24) is 5.32 Å². The number of fused-ring (bicyclic) bond motifs is 1. The van der Waals surface area contributed by atoms with Gasteiger partial charge in [0.25, 0.3) is 0 Å². The number of hydrogen-bond donors (Lipinski definition) is 1. The van der Waals surface area contributed by atoms with E-state index in [1.165, 1.54) is 5.56 Å². The topological polar surface area (TPSA) is 64.6 Å². The molecule has 1 aliphatic rings. The molecule has 1 N–H and O–H groups in total. The molecule has 28 heavy (non-hydrogen) atoms. The van der Waals surface area contributed by atoms with Crippen molar-refractivity contribution in [3.8, 4) is 11.5 Å². The maximum atomic E-state index is 12.2. The number of ketones is 1. The smallest absolute Gasteiger partial charge is 0.220 e. The summed E-state index contributed by atoms with van der Waals surface area (Å²) >= 11 is 6.26. The minimum absolute atomic E-state index is 0.0311. The van der Waals surface area contributed by atoms with Crippen LogP contribution in [-0.2, 0) is 17.8 Å². The van der Waals surface area contributed by atoms with Gasteiger partial charge >= 0.3 is 0 Å². The Bertz CT molecular complexity index is 848. The largest absolute Gasteiger partial charge is 0.489 e. The molecular weight excluding hydrogens is 378 g/mol. The molecule has 6 heteroatoms. The summed E-state index contributed by atoms with van der Waals surface area (Å²) in [7, 11) is 0. The van der Waals surface area contributed by atoms with E-state index in [0.29, 0.717) is 41.8 Å². The quantitative estimate of drug-likeness (QED) is 0.701. The van der Waals surface area contributed by atoms with E-state index in [2.05, 4.69) is 12.2 Å². The van der Waals surface area contributed by atoms with Gasteiger partial charge in [0.2, 0.25) is 5.91 Å². The number of carbonyl (C=O) groups is 2. The molecule has 0 saturated heterocycles. The lowest BCUT2D eigenvalue weighted by atomic mass is 10.0. The van der Waals surface area contributed by atoms with Gasteiger partial charge in [0, 0.05) is 31.4 Å². The Morgan fingerprint density at radius 3 is 2.54 bits per heavy atom. The van der Waals surface area contributed by atoms with Crippen LogP contribution in [0.1, 0.15) is 47.7 Å². The predicted molar refractivity (Wildman–Crippen MR) is 108 cm³/mol. The summed E-state index contributed by atoms with van der Waals surface area (Å²) in [6.45, 7) is 3.52. The molecule has 0 spiro atoms. The number of rotatable bonds is 7. The zero-order valence-corrected chi connectivity index (χ0v) is 16.7. The molecule has 1 amide bonds. The predicted octanol–water partition coefficient (Wildman–Crippen LogP) is 4.34. The molecule has 148 valence electrons. The van der Waals surface area contributed by atoms with Crippen molar-refractivity contribution in [2.24, 2.45) is 0 Å². The van der Waals surface area contributed by atoms with Crippen molar-refractivity contribution in [2.75, 3.05) is 13.2 Å². The third-order valence-electron chi connectivity index (χ3n) is 4.61. The molecule has 0 unspecified atom stereocenters. The first-order valence-corrected chi connectivity index (χ1v) is 9.91. The molecule has 0 radical (unpaired) electrons. The van der Waals surface area contributed by atoms with E-state index in [4.69, 9.17) is 21.1 Å². The van der Waals surface area contributed by atoms with Gasteiger partial charge in [0.05, 0.1) is 18.2 Å². The molecule has 0 fully saturated rings. The Labute approximate surface area is 170 Å². The summed E-state index contributed by atoms with van der Waals surface area (Å²) < 4.78 is 11.3. The standard InChI is InChI=1S/C22H24ClNO4/c1-2-15-4-6-17(7-5-15)19(25)8-9-21(26)24-14-16-12-18(23)22-20(13-16)27-10-3-11-28-22/h4-7,12-13H,2-3,8-11,14H2,1H3,(H,24,26). The molecule has 1 heterocycles. The van der Waals surface area contributed by atoms with Crippen molar-refractivity contribution in [3.63, 3.8) is 0 Å². The highest BCUT2D eigenvalue weighted by Gasteiger charge is 2.16. The van der Waals surface area contributed by atoms with Crippen molar-refractivity contribution in [1.29, 1.82) is 0 Å². The van der Waals surface area contributed by atoms with Crippen LogP contribution in [0.15, 0.2) is 36.4 Å². The third kappa shape index (κ3) is 5.26. The monoisotopic (exact) mass is 401 g/mol. The minimum atomic E-state index is -0.179. The zero-order valence-electron chi connectivity index (χ0n) is 15.9. The molecular formula is C22H24ClNO4. The Hall–Kier alpha value is -2.53. The van der Waals surface area contributed by atoms with Gasteiger partial charge < -0.3 is 14.8 Å². The fourth-order valence-electron chi connectivity index (χ4n) is 2.97. The maximum absolute atomic E-state index is 12.2. The molecule has 0 saturated carbocycles. The Balaban J connectivity index is 1.50. The molecule has 0 bridgehead atoms. The van der Waals surface area contributed by atoms with Gasteiger partial charge in [0.15, 0.2) is 17.3 Å². The first-order valence-electron chi connectivity index (χ1n) is 9.53. The van der Waals surface area contributed by atoms with Crippen molar-refractivity contribution in [3.05, 3.63) is 58.1 Å². The Morgan fingerprint density at radius 2 is 1.79 bits per heavy atom. The second kappa shape index (κ2) is 9.60. The van der Waals surface area contributed by atoms with Crippen LogP contribution < -0.4 is 14.8 Å². The molecule has 2 aromatic rings. The van der Waals surface area contributed by atoms with Crippen molar-refractivity contribution >= 4 is 23.3 Å². The van der Waals surface area contributed by atoms with Crippen LogP contribution in [0.3, 0.4) is 0 Å². The normalized spacial score (nSPS) is 12.9. The first-order chi connectivity index (χ1) is 13.6. The molecule has 0 atom stereocenters. The van der Waals surface area contributed by atoms with Crippen molar-refractivity contribution in [2.45, 2.75) is 39.2 Å². The highest BCUT2D eigenvalue weighted by atomic mass is 35.5.